The monoisotopic (exact) mass is 403 g/mol. The molecule has 6 nitrogen and oxygen atoms in total. The van der Waals surface area contributed by atoms with E-state index in [1.807, 2.05) is 25.1 Å². The van der Waals surface area contributed by atoms with Crippen LogP contribution in [0.4, 0.5) is 0 Å². The lowest BCUT2D eigenvalue weighted by Crippen LogP contribution is -2.42. The van der Waals surface area contributed by atoms with Gasteiger partial charge in [0.1, 0.15) is 0 Å². The number of fused-ring (bicyclic) bond motifs is 1. The van der Waals surface area contributed by atoms with Crippen LogP contribution in [0, 0.1) is 5.92 Å². The normalized spacial score (nSPS) is 20.8. The van der Waals surface area contributed by atoms with Crippen molar-refractivity contribution in [1.82, 2.24) is 14.9 Å². The minimum atomic E-state index is -0.168. The Kier molecular flexibility index (Phi) is 7.13. The van der Waals surface area contributed by atoms with Gasteiger partial charge in [-0.3, -0.25) is 14.2 Å². The lowest BCUT2D eigenvalue weighted by molar-refractivity contribution is -0.119. The number of hydrogen-bond donors (Lipinski definition) is 1. The Hall–Kier alpha value is -1.86. The van der Waals surface area contributed by atoms with E-state index < -0.39 is 0 Å². The number of carbonyl (C=O) groups excluding carboxylic acids is 1. The third-order valence-electron chi connectivity index (χ3n) is 5.41. The zero-order valence-corrected chi connectivity index (χ0v) is 17.6. The Labute approximate surface area is 170 Å². The molecule has 2 aromatic rings. The minimum Gasteiger partial charge on any atom is -0.383 e. The van der Waals surface area contributed by atoms with Crippen LogP contribution in [0.2, 0.25) is 0 Å². The van der Waals surface area contributed by atoms with Gasteiger partial charge in [0.15, 0.2) is 5.16 Å². The predicted octanol–water partition coefficient (Wildman–Crippen LogP) is 3.39. The van der Waals surface area contributed by atoms with E-state index in [-0.39, 0.29) is 29.3 Å². The summed E-state index contributed by atoms with van der Waals surface area (Å²) in [5, 5.41) is 4.30. The molecule has 28 heavy (non-hydrogen) atoms. The molecule has 1 aromatic heterocycles. The van der Waals surface area contributed by atoms with Gasteiger partial charge in [-0.2, -0.15) is 0 Å². The highest BCUT2D eigenvalue weighted by Gasteiger charge is 2.23. The Morgan fingerprint density at radius 2 is 2.11 bits per heavy atom. The molecular formula is C21H29N3O3S. The van der Waals surface area contributed by atoms with Gasteiger partial charge in [0.2, 0.25) is 5.91 Å². The topological polar surface area (TPSA) is 73.2 Å². The molecule has 1 amide bonds. The summed E-state index contributed by atoms with van der Waals surface area (Å²) in [6.07, 6.45) is 4.62. The molecule has 1 aliphatic carbocycles. The first-order chi connectivity index (χ1) is 13.5. The molecule has 0 saturated heterocycles. The number of nitrogens with one attached hydrogen (secondary N) is 1. The predicted molar refractivity (Wildman–Crippen MR) is 113 cm³/mol. The molecule has 0 bridgehead atoms. The summed E-state index contributed by atoms with van der Waals surface area (Å²) in [6.45, 7) is 4.53. The molecule has 1 heterocycles. The van der Waals surface area contributed by atoms with Crippen molar-refractivity contribution in [1.29, 1.82) is 0 Å². The maximum Gasteiger partial charge on any atom is 0.262 e. The zero-order chi connectivity index (χ0) is 20.1. The number of thioether (sulfide) groups is 1. The van der Waals surface area contributed by atoms with E-state index in [1.54, 1.807) is 17.7 Å². The van der Waals surface area contributed by atoms with E-state index in [4.69, 9.17) is 4.74 Å². The first kappa shape index (κ1) is 20.9. The number of benzene rings is 1. The van der Waals surface area contributed by atoms with E-state index >= 15 is 0 Å². The summed E-state index contributed by atoms with van der Waals surface area (Å²) < 4.78 is 6.89. The van der Waals surface area contributed by atoms with Gasteiger partial charge in [-0.05, 0) is 37.8 Å². The number of carbonyl (C=O) groups is 1. The van der Waals surface area contributed by atoms with Gasteiger partial charge in [-0.25, -0.2) is 4.98 Å². The van der Waals surface area contributed by atoms with Gasteiger partial charge in [0.25, 0.3) is 5.56 Å². The average molecular weight is 404 g/mol. The smallest absolute Gasteiger partial charge is 0.262 e. The highest BCUT2D eigenvalue weighted by Crippen LogP contribution is 2.25. The number of hydrogen-bond acceptors (Lipinski definition) is 5. The van der Waals surface area contributed by atoms with Crippen molar-refractivity contribution in [3.05, 3.63) is 34.6 Å². The van der Waals surface area contributed by atoms with E-state index in [1.165, 1.54) is 31.0 Å². The Bertz CT molecular complexity index is 883. The summed E-state index contributed by atoms with van der Waals surface area (Å²) >= 11 is 1.31. The minimum absolute atomic E-state index is 0.00268. The van der Waals surface area contributed by atoms with E-state index in [0.29, 0.717) is 28.6 Å². The second-order valence-electron chi connectivity index (χ2n) is 7.62. The molecule has 1 aliphatic rings. The Morgan fingerprint density at radius 1 is 1.36 bits per heavy atom. The second-order valence-corrected chi connectivity index (χ2v) is 8.56. The highest BCUT2D eigenvalue weighted by molar-refractivity contribution is 7.99. The van der Waals surface area contributed by atoms with Crippen molar-refractivity contribution in [2.75, 3.05) is 19.5 Å². The lowest BCUT2D eigenvalue weighted by atomic mass is 9.86. The van der Waals surface area contributed by atoms with Crippen LogP contribution in [0.5, 0.6) is 0 Å². The summed E-state index contributed by atoms with van der Waals surface area (Å²) in [6, 6.07) is 7.40. The Balaban J connectivity index is 1.80. The van der Waals surface area contributed by atoms with Crippen LogP contribution < -0.4 is 10.9 Å². The molecule has 1 saturated carbocycles. The van der Waals surface area contributed by atoms with Crippen molar-refractivity contribution in [3.63, 3.8) is 0 Å². The van der Waals surface area contributed by atoms with Crippen LogP contribution in [-0.2, 0) is 9.53 Å². The summed E-state index contributed by atoms with van der Waals surface area (Å²) in [5.74, 6) is 0.756. The molecule has 1 fully saturated rings. The fourth-order valence-corrected chi connectivity index (χ4v) is 4.75. The van der Waals surface area contributed by atoms with Crippen LogP contribution in [-0.4, -0.2) is 41.0 Å². The standard InChI is InChI=1S/C21H29N3O3S/c1-14-8-4-6-10-17(14)22-19(25)13-28-21-23-18-11-7-5-9-16(18)20(26)24(21)15(2)12-27-3/h5,7,9,11,14-15,17H,4,6,8,10,12-13H2,1-3H3,(H,22,25)/t14-,15+,17-/m1/s1. The first-order valence-electron chi connectivity index (χ1n) is 9.93. The number of nitrogens with zero attached hydrogens (tertiary/aromatic N) is 2. The van der Waals surface area contributed by atoms with Gasteiger partial charge in [-0.15, -0.1) is 0 Å². The summed E-state index contributed by atoms with van der Waals surface area (Å²) in [4.78, 5) is 30.2. The molecule has 0 spiro atoms. The molecule has 1 N–H and O–H groups in total. The molecule has 1 aromatic carbocycles. The number of rotatable bonds is 7. The van der Waals surface area contributed by atoms with Crippen LogP contribution in [0.25, 0.3) is 10.9 Å². The molecule has 152 valence electrons. The molecule has 3 atom stereocenters. The SMILES string of the molecule is COC[C@H](C)n1c(SCC(=O)N[C@@H]2CCCC[C@H]2C)nc2ccccc2c1=O. The summed E-state index contributed by atoms with van der Waals surface area (Å²) in [5.41, 5.74) is 0.552. The average Bonchev–Trinajstić information content (AvgIpc) is 2.68. The largest absolute Gasteiger partial charge is 0.383 e. The van der Waals surface area contributed by atoms with Crippen LogP contribution in [0.1, 0.15) is 45.6 Å². The second kappa shape index (κ2) is 9.56. The van der Waals surface area contributed by atoms with Crippen LogP contribution in [0.3, 0.4) is 0 Å². The number of aromatic nitrogens is 2. The first-order valence-corrected chi connectivity index (χ1v) is 10.9. The van der Waals surface area contributed by atoms with Gasteiger partial charge < -0.3 is 10.1 Å². The van der Waals surface area contributed by atoms with Gasteiger partial charge >= 0.3 is 0 Å². The van der Waals surface area contributed by atoms with Crippen molar-refractivity contribution in [3.8, 4) is 0 Å². The van der Waals surface area contributed by atoms with Crippen molar-refractivity contribution in [2.45, 2.75) is 56.8 Å². The van der Waals surface area contributed by atoms with Crippen LogP contribution >= 0.6 is 11.8 Å². The van der Waals surface area contributed by atoms with Crippen molar-refractivity contribution in [2.24, 2.45) is 5.92 Å². The van der Waals surface area contributed by atoms with E-state index in [0.717, 1.165) is 6.42 Å². The highest BCUT2D eigenvalue weighted by atomic mass is 32.2. The molecule has 0 aliphatic heterocycles. The maximum atomic E-state index is 13.0. The Morgan fingerprint density at radius 3 is 2.86 bits per heavy atom. The number of ether oxygens (including phenoxy) is 1. The van der Waals surface area contributed by atoms with Gasteiger partial charge in [-0.1, -0.05) is 43.7 Å². The van der Waals surface area contributed by atoms with Gasteiger partial charge in [0, 0.05) is 13.2 Å². The third kappa shape index (κ3) is 4.75. The molecule has 3 rings (SSSR count). The van der Waals surface area contributed by atoms with Crippen molar-refractivity contribution < 1.29 is 9.53 Å². The maximum absolute atomic E-state index is 13.0. The van der Waals surface area contributed by atoms with Crippen LogP contribution in [0.15, 0.2) is 34.2 Å². The van der Waals surface area contributed by atoms with Crippen molar-refractivity contribution >= 4 is 28.6 Å². The fraction of sp³-hybridized carbons (Fsp3) is 0.571. The van der Waals surface area contributed by atoms with E-state index in [9.17, 15) is 9.59 Å². The summed E-state index contributed by atoms with van der Waals surface area (Å²) in [7, 11) is 1.61. The fourth-order valence-electron chi connectivity index (χ4n) is 3.84. The molecule has 7 heteroatoms. The quantitative estimate of drug-likeness (QED) is 0.567. The lowest BCUT2D eigenvalue weighted by Gasteiger charge is -2.29. The number of amides is 1. The van der Waals surface area contributed by atoms with Gasteiger partial charge in [0.05, 0.1) is 29.3 Å². The number of para-hydroxylation sites is 1. The van der Waals surface area contributed by atoms with E-state index in [2.05, 4.69) is 17.2 Å². The molecular weight excluding hydrogens is 374 g/mol. The zero-order valence-electron chi connectivity index (χ0n) is 16.8. The molecule has 0 unspecified atom stereocenters. The molecule has 0 radical (unpaired) electrons. The number of methoxy groups -OCH3 is 1. The third-order valence-corrected chi connectivity index (χ3v) is 6.37.